The van der Waals surface area contributed by atoms with Gasteiger partial charge in [0.15, 0.2) is 0 Å². The molecule has 0 fully saturated rings. The summed E-state index contributed by atoms with van der Waals surface area (Å²) in [5, 5.41) is 3.34. The van der Waals surface area contributed by atoms with Crippen LogP contribution in [0.5, 0.6) is 0 Å². The first kappa shape index (κ1) is 17.8. The molecule has 1 aliphatic heterocycles. The molecule has 3 nitrogen and oxygen atoms in total. The van der Waals surface area contributed by atoms with Crippen LogP contribution < -0.4 is 5.32 Å². The van der Waals surface area contributed by atoms with Crippen molar-refractivity contribution in [2.24, 2.45) is 15.9 Å². The Morgan fingerprint density at radius 2 is 1.72 bits per heavy atom. The minimum absolute atomic E-state index is 0.0258. The van der Waals surface area contributed by atoms with Gasteiger partial charge in [-0.1, -0.05) is 54.6 Å². The van der Waals surface area contributed by atoms with E-state index >= 15 is 0 Å². The van der Waals surface area contributed by atoms with Crippen LogP contribution in [0.3, 0.4) is 0 Å². The van der Waals surface area contributed by atoms with E-state index in [-0.39, 0.29) is 17.7 Å². The monoisotopic (exact) mass is 383 g/mol. The average molecular weight is 383 g/mol. The van der Waals surface area contributed by atoms with Gasteiger partial charge in [-0.2, -0.15) is 0 Å². The summed E-state index contributed by atoms with van der Waals surface area (Å²) < 4.78 is 14.6. The summed E-state index contributed by atoms with van der Waals surface area (Å²) in [5.74, 6) is 0.713. The molecule has 0 radical (unpaired) electrons. The first-order valence-electron chi connectivity index (χ1n) is 9.99. The molecule has 5 rings (SSSR count). The number of hydrogen-bond acceptors (Lipinski definition) is 3. The zero-order chi connectivity index (χ0) is 19.8. The Labute approximate surface area is 170 Å². The van der Waals surface area contributed by atoms with E-state index in [1.807, 2.05) is 36.4 Å². The summed E-state index contributed by atoms with van der Waals surface area (Å²) in [5.41, 5.74) is 6.23. The molecule has 0 spiro atoms. The molecular formula is C25H22FN3. The number of aliphatic imine (C=N–C) groups is 2. The van der Waals surface area contributed by atoms with Gasteiger partial charge in [-0.05, 0) is 48.2 Å². The van der Waals surface area contributed by atoms with Crippen LogP contribution in [0.2, 0.25) is 0 Å². The number of nitrogens with one attached hydrogen (secondary N) is 1. The van der Waals surface area contributed by atoms with Crippen molar-refractivity contribution >= 4 is 17.4 Å². The lowest BCUT2D eigenvalue weighted by molar-refractivity contribution is 0.532. The van der Waals surface area contributed by atoms with Crippen LogP contribution in [0.25, 0.3) is 0 Å². The summed E-state index contributed by atoms with van der Waals surface area (Å²) in [4.78, 5) is 9.57. The minimum Gasteiger partial charge on any atom is -0.324 e. The normalized spacial score (nSPS) is 20.2. The molecule has 0 bridgehead atoms. The van der Waals surface area contributed by atoms with Crippen LogP contribution in [-0.2, 0) is 0 Å². The molecule has 3 aromatic carbocycles. The summed E-state index contributed by atoms with van der Waals surface area (Å²) >= 11 is 0. The van der Waals surface area contributed by atoms with Crippen molar-refractivity contribution in [3.63, 3.8) is 0 Å². The second kappa shape index (κ2) is 7.28. The third kappa shape index (κ3) is 3.35. The van der Waals surface area contributed by atoms with Crippen LogP contribution in [0, 0.1) is 18.7 Å². The lowest BCUT2D eigenvalue weighted by Gasteiger charge is -2.34. The molecule has 3 aromatic rings. The molecule has 2 atom stereocenters. The van der Waals surface area contributed by atoms with Gasteiger partial charge in [0.1, 0.15) is 5.82 Å². The van der Waals surface area contributed by atoms with E-state index in [4.69, 9.17) is 4.99 Å². The van der Waals surface area contributed by atoms with Gasteiger partial charge in [0.25, 0.3) is 0 Å². The Kier molecular flexibility index (Phi) is 4.47. The van der Waals surface area contributed by atoms with Crippen molar-refractivity contribution in [2.45, 2.75) is 19.3 Å². The van der Waals surface area contributed by atoms with Gasteiger partial charge in [0.2, 0.25) is 5.96 Å². The number of benzene rings is 3. The topological polar surface area (TPSA) is 36.8 Å². The molecule has 1 N–H and O–H groups in total. The molecule has 4 heteroatoms. The fourth-order valence-electron chi connectivity index (χ4n) is 4.41. The molecule has 0 amide bonds. The van der Waals surface area contributed by atoms with E-state index in [1.165, 1.54) is 5.56 Å². The molecule has 29 heavy (non-hydrogen) atoms. The van der Waals surface area contributed by atoms with Crippen LogP contribution in [0.15, 0.2) is 82.8 Å². The maximum Gasteiger partial charge on any atom is 0.222 e. The summed E-state index contributed by atoms with van der Waals surface area (Å²) in [7, 11) is 0. The van der Waals surface area contributed by atoms with E-state index < -0.39 is 0 Å². The molecule has 0 saturated heterocycles. The zero-order valence-corrected chi connectivity index (χ0v) is 16.3. The van der Waals surface area contributed by atoms with Crippen LogP contribution in [0.4, 0.5) is 10.1 Å². The summed E-state index contributed by atoms with van der Waals surface area (Å²) in [6.45, 7) is 2.72. The molecule has 1 aliphatic carbocycles. The lowest BCUT2D eigenvalue weighted by atomic mass is 9.72. The van der Waals surface area contributed by atoms with Crippen LogP contribution in [0.1, 0.15) is 34.6 Å². The average Bonchev–Trinajstić information content (AvgIpc) is 2.74. The number of guanidine groups is 1. The third-order valence-electron chi connectivity index (χ3n) is 5.76. The first-order valence-corrected chi connectivity index (χ1v) is 9.99. The Balaban J connectivity index is 1.52. The van der Waals surface area contributed by atoms with Gasteiger partial charge in [-0.25, -0.2) is 9.38 Å². The number of fused-ring (bicyclic) bond motifs is 3. The van der Waals surface area contributed by atoms with E-state index in [0.717, 1.165) is 34.5 Å². The van der Waals surface area contributed by atoms with Crippen LogP contribution in [-0.4, -0.2) is 18.2 Å². The summed E-state index contributed by atoms with van der Waals surface area (Å²) in [6, 6.07) is 23.5. The quantitative estimate of drug-likeness (QED) is 0.618. The molecule has 0 saturated carbocycles. The number of halogens is 1. The molecule has 1 heterocycles. The van der Waals surface area contributed by atoms with Gasteiger partial charge in [0, 0.05) is 23.1 Å². The van der Waals surface area contributed by atoms with Gasteiger partial charge in [-0.3, -0.25) is 4.99 Å². The van der Waals surface area contributed by atoms with Gasteiger partial charge in [0.05, 0.1) is 12.3 Å². The Bertz CT molecular complexity index is 1130. The van der Waals surface area contributed by atoms with Crippen molar-refractivity contribution in [1.29, 1.82) is 0 Å². The molecule has 2 unspecified atom stereocenters. The summed E-state index contributed by atoms with van der Waals surface area (Å²) in [6.07, 6.45) is 0.817. The lowest BCUT2D eigenvalue weighted by Crippen LogP contribution is -2.34. The highest BCUT2D eigenvalue weighted by molar-refractivity contribution is 6.14. The highest BCUT2D eigenvalue weighted by Crippen LogP contribution is 2.41. The van der Waals surface area contributed by atoms with Crippen molar-refractivity contribution in [3.8, 4) is 0 Å². The molecule has 144 valence electrons. The van der Waals surface area contributed by atoms with Gasteiger partial charge >= 0.3 is 0 Å². The fourth-order valence-corrected chi connectivity index (χ4v) is 4.41. The highest BCUT2D eigenvalue weighted by Gasteiger charge is 2.35. The largest absolute Gasteiger partial charge is 0.324 e. The van der Waals surface area contributed by atoms with E-state index in [9.17, 15) is 4.39 Å². The Hall–Kier alpha value is -3.27. The number of anilines is 1. The predicted molar refractivity (Wildman–Crippen MR) is 116 cm³/mol. The molecular weight excluding hydrogens is 361 g/mol. The van der Waals surface area contributed by atoms with Crippen molar-refractivity contribution < 1.29 is 4.39 Å². The first-order chi connectivity index (χ1) is 14.2. The second-order valence-electron chi connectivity index (χ2n) is 7.75. The number of hydrogen-bond donors (Lipinski definition) is 1. The Morgan fingerprint density at radius 3 is 2.55 bits per heavy atom. The minimum atomic E-state index is -0.145. The Morgan fingerprint density at radius 1 is 0.931 bits per heavy atom. The van der Waals surface area contributed by atoms with Gasteiger partial charge in [-0.15, -0.1) is 0 Å². The standard InChI is InChI=1S/C25H22FN3/c1-16-7-6-8-18(13-16)28-25-27-15-17-14-22(20-10-4-5-12-23(20)26)19-9-2-3-11-21(19)24(17)29-25/h2-13,17,22H,14-15H2,1H3,(H,27,28). The van der Waals surface area contributed by atoms with E-state index in [2.05, 4.69) is 41.5 Å². The SMILES string of the molecule is Cc1cccc(NC2=NCC3CC(c4ccccc4F)c4ccccc4C3=N2)c1. The van der Waals surface area contributed by atoms with Crippen molar-refractivity contribution in [3.05, 3.63) is 101 Å². The van der Waals surface area contributed by atoms with Crippen LogP contribution >= 0.6 is 0 Å². The number of aryl methyl sites for hydroxylation is 1. The maximum atomic E-state index is 14.6. The predicted octanol–water partition coefficient (Wildman–Crippen LogP) is 5.56. The maximum absolute atomic E-state index is 14.6. The number of nitrogens with zero attached hydrogens (tertiary/aromatic N) is 2. The third-order valence-corrected chi connectivity index (χ3v) is 5.76. The smallest absolute Gasteiger partial charge is 0.222 e. The van der Waals surface area contributed by atoms with E-state index in [0.29, 0.717) is 12.5 Å². The number of rotatable bonds is 2. The second-order valence-corrected chi connectivity index (χ2v) is 7.75. The molecule has 2 aliphatic rings. The highest BCUT2D eigenvalue weighted by atomic mass is 19.1. The fraction of sp³-hybridized carbons (Fsp3) is 0.200. The zero-order valence-electron chi connectivity index (χ0n) is 16.3. The van der Waals surface area contributed by atoms with Crippen molar-refractivity contribution in [1.82, 2.24) is 0 Å². The molecule has 0 aromatic heterocycles. The van der Waals surface area contributed by atoms with Crippen molar-refractivity contribution in [2.75, 3.05) is 11.9 Å². The van der Waals surface area contributed by atoms with E-state index in [1.54, 1.807) is 12.1 Å². The van der Waals surface area contributed by atoms with Gasteiger partial charge < -0.3 is 5.32 Å².